The minimum Gasteiger partial charge on any atom is -0.491 e. The Morgan fingerprint density at radius 3 is 2.61 bits per heavy atom. The predicted octanol–water partition coefficient (Wildman–Crippen LogP) is 3.47. The molecule has 0 spiro atoms. The molecule has 118 valence electrons. The van der Waals surface area contributed by atoms with Gasteiger partial charge in [0.1, 0.15) is 12.4 Å². The molecule has 0 radical (unpaired) electrons. The Bertz CT molecular complexity index is 777. The summed E-state index contributed by atoms with van der Waals surface area (Å²) in [6.45, 7) is 2.19. The molecule has 1 aromatic heterocycles. The topological polar surface area (TPSA) is 55.2 Å². The molecular weight excluding hydrogens is 308 g/mol. The van der Waals surface area contributed by atoms with Crippen molar-refractivity contribution in [1.82, 2.24) is 9.97 Å². The fourth-order valence-corrected chi connectivity index (χ4v) is 2.82. The van der Waals surface area contributed by atoms with Crippen molar-refractivity contribution in [3.8, 4) is 5.75 Å². The van der Waals surface area contributed by atoms with Gasteiger partial charge in [-0.15, -0.1) is 0 Å². The number of aliphatic hydroxyl groups excluding tert-OH is 1. The molecule has 1 atom stereocenters. The molecule has 3 aromatic rings. The number of aryl methyl sites for hydroxylation is 1. The maximum Gasteiger partial charge on any atom is 0.187 e. The second-order valence-electron chi connectivity index (χ2n) is 5.33. The first-order valence-electron chi connectivity index (χ1n) is 7.42. The van der Waals surface area contributed by atoms with Gasteiger partial charge in [-0.05, 0) is 35.4 Å². The highest BCUT2D eigenvalue weighted by Crippen LogP contribution is 2.21. The highest BCUT2D eigenvalue weighted by atomic mass is 32.2. The third-order valence-electron chi connectivity index (χ3n) is 3.33. The zero-order chi connectivity index (χ0) is 16.1. The second kappa shape index (κ2) is 7.44. The van der Waals surface area contributed by atoms with Crippen LogP contribution in [0, 0.1) is 6.92 Å². The maximum absolute atomic E-state index is 10.0. The lowest BCUT2D eigenvalue weighted by atomic mass is 10.1. The van der Waals surface area contributed by atoms with E-state index in [0.717, 1.165) is 16.7 Å². The van der Waals surface area contributed by atoms with Crippen molar-refractivity contribution in [2.75, 3.05) is 12.4 Å². The lowest BCUT2D eigenvalue weighted by Gasteiger charge is -2.12. The summed E-state index contributed by atoms with van der Waals surface area (Å²) < 4.78 is 5.68. The summed E-state index contributed by atoms with van der Waals surface area (Å²) in [7, 11) is 0. The summed E-state index contributed by atoms with van der Waals surface area (Å²) in [5.41, 5.74) is 1.02. The highest BCUT2D eigenvalue weighted by Gasteiger charge is 2.08. The van der Waals surface area contributed by atoms with Crippen LogP contribution in [0.1, 0.15) is 5.56 Å². The molecule has 0 aliphatic heterocycles. The van der Waals surface area contributed by atoms with Crippen molar-refractivity contribution in [2.24, 2.45) is 0 Å². The average molecular weight is 326 g/mol. The van der Waals surface area contributed by atoms with E-state index in [1.807, 2.05) is 43.3 Å². The van der Waals surface area contributed by atoms with Crippen LogP contribution in [0.5, 0.6) is 5.75 Å². The highest BCUT2D eigenvalue weighted by molar-refractivity contribution is 7.99. The van der Waals surface area contributed by atoms with Crippen LogP contribution in [-0.2, 0) is 0 Å². The van der Waals surface area contributed by atoms with E-state index in [0.29, 0.717) is 10.9 Å². The third kappa shape index (κ3) is 4.43. The van der Waals surface area contributed by atoms with Gasteiger partial charge in [-0.2, -0.15) is 0 Å². The quantitative estimate of drug-likeness (QED) is 0.555. The van der Waals surface area contributed by atoms with E-state index in [-0.39, 0.29) is 6.61 Å². The van der Waals surface area contributed by atoms with Crippen molar-refractivity contribution < 1.29 is 9.84 Å². The van der Waals surface area contributed by atoms with Gasteiger partial charge < -0.3 is 9.84 Å². The molecule has 0 bridgehead atoms. The number of aliphatic hydroxyl groups is 1. The molecule has 1 heterocycles. The molecular formula is C18H18N2O2S. The third-order valence-corrected chi connectivity index (χ3v) is 4.35. The first-order chi connectivity index (χ1) is 11.2. The van der Waals surface area contributed by atoms with Gasteiger partial charge in [0.25, 0.3) is 0 Å². The molecule has 0 fully saturated rings. The zero-order valence-electron chi connectivity index (χ0n) is 12.8. The minimum atomic E-state index is -0.573. The van der Waals surface area contributed by atoms with E-state index in [1.165, 1.54) is 17.1 Å². The lowest BCUT2D eigenvalue weighted by molar-refractivity contribution is 0.126. The molecule has 4 nitrogen and oxygen atoms in total. The molecule has 0 amide bonds. The van der Waals surface area contributed by atoms with Crippen molar-refractivity contribution in [3.05, 3.63) is 60.4 Å². The average Bonchev–Trinajstić information content (AvgIpc) is 2.59. The number of hydrogen-bond donors (Lipinski definition) is 1. The van der Waals surface area contributed by atoms with Crippen molar-refractivity contribution in [2.45, 2.75) is 18.2 Å². The first kappa shape index (κ1) is 15.8. The molecule has 5 heteroatoms. The van der Waals surface area contributed by atoms with E-state index in [9.17, 15) is 5.11 Å². The normalized spacial score (nSPS) is 12.3. The number of benzene rings is 2. The van der Waals surface area contributed by atoms with Crippen LogP contribution in [0.2, 0.25) is 0 Å². The molecule has 3 rings (SSSR count). The van der Waals surface area contributed by atoms with Gasteiger partial charge in [0, 0.05) is 18.1 Å². The fraction of sp³-hybridized carbons (Fsp3) is 0.222. The van der Waals surface area contributed by atoms with Crippen LogP contribution >= 0.6 is 11.8 Å². The SMILES string of the molecule is Cc1cnc(SCC(O)COc2ccc3ccccc3c2)nc1. The molecule has 0 aliphatic carbocycles. The second-order valence-corrected chi connectivity index (χ2v) is 6.31. The van der Waals surface area contributed by atoms with Gasteiger partial charge in [-0.25, -0.2) is 9.97 Å². The summed E-state index contributed by atoms with van der Waals surface area (Å²) in [5, 5.41) is 13.0. The van der Waals surface area contributed by atoms with Crippen LogP contribution in [0.15, 0.2) is 60.0 Å². The van der Waals surface area contributed by atoms with Gasteiger partial charge in [-0.1, -0.05) is 42.1 Å². The molecule has 0 saturated heterocycles. The van der Waals surface area contributed by atoms with Crippen LogP contribution in [0.3, 0.4) is 0 Å². The van der Waals surface area contributed by atoms with E-state index in [1.54, 1.807) is 12.4 Å². The van der Waals surface area contributed by atoms with Gasteiger partial charge in [-0.3, -0.25) is 0 Å². The first-order valence-corrected chi connectivity index (χ1v) is 8.40. The summed E-state index contributed by atoms with van der Waals surface area (Å²) in [6, 6.07) is 14.0. The molecule has 1 N–H and O–H groups in total. The monoisotopic (exact) mass is 326 g/mol. The number of thioether (sulfide) groups is 1. The Morgan fingerprint density at radius 1 is 1.09 bits per heavy atom. The molecule has 0 aliphatic rings. The largest absolute Gasteiger partial charge is 0.491 e. The molecule has 1 unspecified atom stereocenters. The minimum absolute atomic E-state index is 0.247. The van der Waals surface area contributed by atoms with Crippen molar-refractivity contribution >= 4 is 22.5 Å². The summed E-state index contributed by atoms with van der Waals surface area (Å²) in [4.78, 5) is 8.41. The van der Waals surface area contributed by atoms with Gasteiger partial charge in [0.2, 0.25) is 0 Å². The number of nitrogens with zero attached hydrogens (tertiary/aromatic N) is 2. The summed E-state index contributed by atoms with van der Waals surface area (Å²) >= 11 is 1.42. The van der Waals surface area contributed by atoms with Crippen molar-refractivity contribution in [3.63, 3.8) is 0 Å². The van der Waals surface area contributed by atoms with Crippen LogP contribution in [-0.4, -0.2) is 33.5 Å². The Morgan fingerprint density at radius 2 is 1.83 bits per heavy atom. The van der Waals surface area contributed by atoms with Gasteiger partial charge in [0.05, 0.1) is 6.10 Å². The number of rotatable bonds is 6. The van der Waals surface area contributed by atoms with Gasteiger partial charge in [0.15, 0.2) is 5.16 Å². The number of hydrogen-bond acceptors (Lipinski definition) is 5. The Hall–Kier alpha value is -2.11. The lowest BCUT2D eigenvalue weighted by Crippen LogP contribution is -2.20. The number of fused-ring (bicyclic) bond motifs is 1. The number of ether oxygens (including phenoxy) is 1. The van der Waals surface area contributed by atoms with E-state index < -0.39 is 6.10 Å². The molecule has 2 aromatic carbocycles. The Balaban J connectivity index is 1.51. The smallest absolute Gasteiger partial charge is 0.187 e. The van der Waals surface area contributed by atoms with Crippen LogP contribution in [0.25, 0.3) is 10.8 Å². The van der Waals surface area contributed by atoms with Crippen LogP contribution < -0.4 is 4.74 Å². The van der Waals surface area contributed by atoms with Crippen LogP contribution in [0.4, 0.5) is 0 Å². The van der Waals surface area contributed by atoms with E-state index in [4.69, 9.17) is 4.74 Å². The molecule has 23 heavy (non-hydrogen) atoms. The fourth-order valence-electron chi connectivity index (χ4n) is 2.12. The zero-order valence-corrected chi connectivity index (χ0v) is 13.7. The maximum atomic E-state index is 10.0. The standard InChI is InChI=1S/C18H18N2O2S/c1-13-9-19-18(20-10-13)23-12-16(21)11-22-17-7-6-14-4-2-3-5-15(14)8-17/h2-10,16,21H,11-12H2,1H3. The summed E-state index contributed by atoms with van der Waals surface area (Å²) in [5.74, 6) is 1.26. The van der Waals surface area contributed by atoms with Crippen molar-refractivity contribution in [1.29, 1.82) is 0 Å². The Kier molecular flexibility index (Phi) is 5.10. The predicted molar refractivity (Wildman–Crippen MR) is 92.9 cm³/mol. The van der Waals surface area contributed by atoms with E-state index in [2.05, 4.69) is 16.0 Å². The summed E-state index contributed by atoms with van der Waals surface area (Å²) in [6.07, 6.45) is 2.97. The number of aromatic nitrogens is 2. The molecule has 0 saturated carbocycles. The van der Waals surface area contributed by atoms with E-state index >= 15 is 0 Å². The Labute approximate surface area is 139 Å². The van der Waals surface area contributed by atoms with Gasteiger partial charge >= 0.3 is 0 Å².